The topological polar surface area (TPSA) is 84.2 Å². The van der Waals surface area contributed by atoms with E-state index < -0.39 is 5.97 Å². The molecule has 1 aromatic rings. The van der Waals surface area contributed by atoms with Gasteiger partial charge < -0.3 is 10.4 Å². The summed E-state index contributed by atoms with van der Waals surface area (Å²) in [6.07, 6.45) is 4.80. The summed E-state index contributed by atoms with van der Waals surface area (Å²) < 4.78 is 1.90. The second-order valence-corrected chi connectivity index (χ2v) is 6.40. The molecule has 1 rings (SSSR count). The van der Waals surface area contributed by atoms with Crippen molar-refractivity contribution in [1.29, 1.82) is 0 Å². The Labute approximate surface area is 131 Å². The molecule has 0 aromatic carbocycles. The van der Waals surface area contributed by atoms with Crippen molar-refractivity contribution in [1.82, 2.24) is 15.1 Å². The molecule has 0 spiro atoms. The molecular formula is C16H27N3O3. The molecule has 0 saturated heterocycles. The number of nitrogens with one attached hydrogen (secondary N) is 1. The smallest absolute Gasteiger partial charge is 0.303 e. The lowest BCUT2D eigenvalue weighted by Crippen LogP contribution is -2.28. The van der Waals surface area contributed by atoms with Gasteiger partial charge in [-0.15, -0.1) is 0 Å². The first-order chi connectivity index (χ1) is 10.3. The number of carbonyl (C=O) groups is 2. The van der Waals surface area contributed by atoms with Gasteiger partial charge in [0.25, 0.3) is 5.91 Å². The molecule has 0 aliphatic carbocycles. The largest absolute Gasteiger partial charge is 0.481 e. The fourth-order valence-electron chi connectivity index (χ4n) is 2.36. The van der Waals surface area contributed by atoms with Gasteiger partial charge in [0, 0.05) is 13.0 Å². The number of carbonyl (C=O) groups excluding carboxylic acids is 1. The van der Waals surface area contributed by atoms with Crippen molar-refractivity contribution in [2.45, 2.75) is 65.3 Å². The third-order valence-corrected chi connectivity index (χ3v) is 3.44. The van der Waals surface area contributed by atoms with E-state index in [-0.39, 0.29) is 17.9 Å². The van der Waals surface area contributed by atoms with Crippen molar-refractivity contribution in [2.75, 3.05) is 6.54 Å². The average Bonchev–Trinajstić information content (AvgIpc) is 2.85. The molecule has 6 heteroatoms. The van der Waals surface area contributed by atoms with Crippen LogP contribution in [0.5, 0.6) is 0 Å². The molecule has 0 saturated carbocycles. The van der Waals surface area contributed by atoms with Crippen LogP contribution >= 0.6 is 0 Å². The Morgan fingerprint density at radius 3 is 2.50 bits per heavy atom. The summed E-state index contributed by atoms with van der Waals surface area (Å²) in [6.45, 7) is 8.75. The third kappa shape index (κ3) is 5.16. The minimum atomic E-state index is -0.772. The van der Waals surface area contributed by atoms with Crippen molar-refractivity contribution in [2.24, 2.45) is 0 Å². The first-order valence-corrected chi connectivity index (χ1v) is 7.84. The number of carboxylic acids is 1. The van der Waals surface area contributed by atoms with Gasteiger partial charge in [-0.25, -0.2) is 0 Å². The van der Waals surface area contributed by atoms with Gasteiger partial charge in [0.05, 0.1) is 23.0 Å². The van der Waals surface area contributed by atoms with Crippen LogP contribution in [-0.4, -0.2) is 33.3 Å². The highest BCUT2D eigenvalue weighted by Gasteiger charge is 2.22. The highest BCUT2D eigenvalue weighted by Crippen LogP contribution is 2.19. The highest BCUT2D eigenvalue weighted by molar-refractivity contribution is 5.95. The number of aliphatic carboxylic acids is 1. The molecule has 1 heterocycles. The monoisotopic (exact) mass is 309 g/mol. The summed E-state index contributed by atoms with van der Waals surface area (Å²) >= 11 is 0. The van der Waals surface area contributed by atoms with Crippen LogP contribution in [0.2, 0.25) is 0 Å². The Hall–Kier alpha value is -1.85. The lowest BCUT2D eigenvalue weighted by molar-refractivity contribution is -0.137. The van der Waals surface area contributed by atoms with E-state index in [0.717, 1.165) is 25.0 Å². The van der Waals surface area contributed by atoms with Crippen molar-refractivity contribution < 1.29 is 14.7 Å². The second kappa shape index (κ2) is 7.96. The summed E-state index contributed by atoms with van der Waals surface area (Å²) in [7, 11) is 0. The first kappa shape index (κ1) is 18.2. The number of aromatic nitrogens is 2. The average molecular weight is 309 g/mol. The number of amides is 1. The molecule has 0 radical (unpaired) electrons. The van der Waals surface area contributed by atoms with Crippen molar-refractivity contribution in [3.63, 3.8) is 0 Å². The number of nitrogens with zero attached hydrogens (tertiary/aromatic N) is 2. The Kier molecular flexibility index (Phi) is 6.59. The maximum absolute atomic E-state index is 12.2. The summed E-state index contributed by atoms with van der Waals surface area (Å²) in [5.41, 5.74) is 1.42. The van der Waals surface area contributed by atoms with Gasteiger partial charge in [-0.1, -0.05) is 13.3 Å². The first-order valence-electron chi connectivity index (χ1n) is 7.84. The predicted octanol–water partition coefficient (Wildman–Crippen LogP) is 2.58. The molecule has 0 fully saturated rings. The lowest BCUT2D eigenvalue weighted by atomic mass is 10.1. The molecule has 1 aromatic heterocycles. The molecular weight excluding hydrogens is 282 g/mol. The van der Waals surface area contributed by atoms with E-state index in [9.17, 15) is 9.59 Å². The molecule has 22 heavy (non-hydrogen) atoms. The predicted molar refractivity (Wildman–Crippen MR) is 85.0 cm³/mol. The molecule has 0 atom stereocenters. The fourth-order valence-corrected chi connectivity index (χ4v) is 2.36. The van der Waals surface area contributed by atoms with Gasteiger partial charge in [0.2, 0.25) is 0 Å². The zero-order valence-corrected chi connectivity index (χ0v) is 14.0. The molecule has 0 bridgehead atoms. The highest BCUT2D eigenvalue weighted by atomic mass is 16.4. The molecule has 0 aliphatic rings. The number of hydrogen-bond donors (Lipinski definition) is 2. The maximum Gasteiger partial charge on any atom is 0.303 e. The van der Waals surface area contributed by atoms with Gasteiger partial charge in [-0.2, -0.15) is 5.10 Å². The van der Waals surface area contributed by atoms with E-state index in [4.69, 9.17) is 5.11 Å². The zero-order valence-electron chi connectivity index (χ0n) is 14.0. The normalized spacial score (nSPS) is 11.5. The molecule has 0 unspecified atom stereocenters. The van der Waals surface area contributed by atoms with E-state index in [1.165, 1.54) is 0 Å². The van der Waals surface area contributed by atoms with Gasteiger partial charge in [0.15, 0.2) is 0 Å². The van der Waals surface area contributed by atoms with Crippen LogP contribution in [0.15, 0.2) is 6.20 Å². The maximum atomic E-state index is 12.2. The lowest BCUT2D eigenvalue weighted by Gasteiger charge is -2.22. The van der Waals surface area contributed by atoms with Gasteiger partial charge >= 0.3 is 5.97 Å². The standard InChI is InChI=1S/C16H27N3O3/c1-5-13-12(11-18-19(13)16(2,3)4)15(22)17-10-8-6-7-9-14(20)21/h11H,5-10H2,1-4H3,(H,17,22)(H,20,21). The Morgan fingerprint density at radius 2 is 1.95 bits per heavy atom. The van der Waals surface area contributed by atoms with Crippen LogP contribution in [0, 0.1) is 0 Å². The Morgan fingerprint density at radius 1 is 1.27 bits per heavy atom. The fraction of sp³-hybridized carbons (Fsp3) is 0.688. The molecule has 2 N–H and O–H groups in total. The Balaban J connectivity index is 2.53. The van der Waals surface area contributed by atoms with Gasteiger partial charge in [0.1, 0.15) is 0 Å². The third-order valence-electron chi connectivity index (χ3n) is 3.44. The molecule has 124 valence electrons. The second-order valence-electron chi connectivity index (χ2n) is 6.40. The number of unbranched alkanes of at least 4 members (excludes halogenated alkanes) is 2. The van der Waals surface area contributed by atoms with Gasteiger partial charge in [-0.05, 0) is 40.0 Å². The van der Waals surface area contributed by atoms with E-state index in [1.54, 1.807) is 6.20 Å². The van der Waals surface area contributed by atoms with E-state index in [2.05, 4.69) is 31.2 Å². The summed E-state index contributed by atoms with van der Waals surface area (Å²) in [4.78, 5) is 22.6. The van der Waals surface area contributed by atoms with Crippen LogP contribution in [-0.2, 0) is 16.8 Å². The molecule has 0 aliphatic heterocycles. The molecule has 6 nitrogen and oxygen atoms in total. The van der Waals surface area contributed by atoms with E-state index >= 15 is 0 Å². The van der Waals surface area contributed by atoms with Crippen LogP contribution in [0.1, 0.15) is 69.4 Å². The number of carboxylic acid groups (broad SMARTS) is 1. The van der Waals surface area contributed by atoms with Crippen LogP contribution in [0.3, 0.4) is 0 Å². The summed E-state index contributed by atoms with van der Waals surface area (Å²) in [6, 6.07) is 0. The van der Waals surface area contributed by atoms with Crippen molar-refractivity contribution in [3.05, 3.63) is 17.5 Å². The zero-order chi connectivity index (χ0) is 16.8. The summed E-state index contributed by atoms with van der Waals surface area (Å²) in [5, 5.41) is 15.8. The Bertz CT molecular complexity index is 515. The van der Waals surface area contributed by atoms with Crippen molar-refractivity contribution in [3.8, 4) is 0 Å². The number of hydrogen-bond acceptors (Lipinski definition) is 3. The summed E-state index contributed by atoms with van der Waals surface area (Å²) in [5.74, 6) is -0.878. The van der Waals surface area contributed by atoms with E-state index in [0.29, 0.717) is 18.5 Å². The number of rotatable bonds is 8. The van der Waals surface area contributed by atoms with Crippen LogP contribution < -0.4 is 5.32 Å². The SMILES string of the molecule is CCc1c(C(=O)NCCCCCC(=O)O)cnn1C(C)(C)C. The molecule has 1 amide bonds. The van der Waals surface area contributed by atoms with Gasteiger partial charge in [-0.3, -0.25) is 14.3 Å². The van der Waals surface area contributed by atoms with Crippen LogP contribution in [0.25, 0.3) is 0 Å². The van der Waals surface area contributed by atoms with Crippen molar-refractivity contribution >= 4 is 11.9 Å². The van der Waals surface area contributed by atoms with E-state index in [1.807, 2.05) is 11.6 Å². The van der Waals surface area contributed by atoms with Crippen LogP contribution in [0.4, 0.5) is 0 Å². The minimum absolute atomic E-state index is 0.106. The quantitative estimate of drug-likeness (QED) is 0.723. The minimum Gasteiger partial charge on any atom is -0.481 e.